The number of aliphatic hydroxyl groups excluding tert-OH is 1. The molecule has 1 N–H and O–H groups in total. The second-order valence-corrected chi connectivity index (χ2v) is 6.99. The maximum atomic E-state index is 12.7. The molecule has 1 aliphatic rings. The molecule has 1 aromatic carbocycles. The van der Waals surface area contributed by atoms with E-state index in [2.05, 4.69) is 0 Å². The summed E-state index contributed by atoms with van der Waals surface area (Å²) in [6.07, 6.45) is 2.01. The maximum Gasteiger partial charge on any atom is 0.254 e. The highest BCUT2D eigenvalue weighted by molar-refractivity contribution is 7.10. The summed E-state index contributed by atoms with van der Waals surface area (Å²) in [7, 11) is 0. The third-order valence-electron chi connectivity index (χ3n) is 4.08. The van der Waals surface area contributed by atoms with E-state index >= 15 is 0 Å². The summed E-state index contributed by atoms with van der Waals surface area (Å²) >= 11 is 7.53. The Kier molecular flexibility index (Phi) is 4.81. The van der Waals surface area contributed by atoms with E-state index in [0.717, 1.165) is 24.3 Å². The van der Waals surface area contributed by atoms with E-state index in [1.807, 2.05) is 22.4 Å². The normalized spacial score (nSPS) is 19.4. The number of likely N-dealkylation sites (tertiary alicyclic amines) is 1. The van der Waals surface area contributed by atoms with Gasteiger partial charge in [-0.05, 0) is 48.9 Å². The molecule has 3 nitrogen and oxygen atoms in total. The minimum absolute atomic E-state index is 0.00313. The summed E-state index contributed by atoms with van der Waals surface area (Å²) in [6, 6.07) is 11.0. The minimum Gasteiger partial charge on any atom is -0.387 e. The molecule has 1 aromatic heterocycles. The number of amides is 1. The minimum atomic E-state index is -0.502. The first-order valence-electron chi connectivity index (χ1n) is 7.43. The molecule has 0 aliphatic carbocycles. The molecule has 0 bridgehead atoms. The van der Waals surface area contributed by atoms with Crippen molar-refractivity contribution in [2.45, 2.75) is 31.4 Å². The lowest BCUT2D eigenvalue weighted by Gasteiger charge is -2.26. The van der Waals surface area contributed by atoms with Crippen molar-refractivity contribution in [3.63, 3.8) is 0 Å². The first-order chi connectivity index (χ1) is 10.6. The molecule has 1 aliphatic heterocycles. The van der Waals surface area contributed by atoms with Gasteiger partial charge in [0.2, 0.25) is 0 Å². The highest BCUT2D eigenvalue weighted by atomic mass is 35.5. The van der Waals surface area contributed by atoms with Gasteiger partial charge in [0.05, 0.1) is 6.10 Å². The van der Waals surface area contributed by atoms with Gasteiger partial charge in [0, 0.05) is 28.0 Å². The fourth-order valence-electron chi connectivity index (χ4n) is 2.99. The third kappa shape index (κ3) is 3.35. The number of benzene rings is 1. The van der Waals surface area contributed by atoms with Crippen LogP contribution in [0.15, 0.2) is 41.8 Å². The molecule has 0 unspecified atom stereocenters. The number of carbonyl (C=O) groups is 1. The number of thiophene rings is 1. The molecule has 3 rings (SSSR count). The van der Waals surface area contributed by atoms with Gasteiger partial charge in [-0.15, -0.1) is 11.3 Å². The maximum absolute atomic E-state index is 12.7. The molecular weight excluding hydrogens is 318 g/mol. The number of nitrogens with zero attached hydrogens (tertiary/aromatic N) is 1. The van der Waals surface area contributed by atoms with E-state index in [1.165, 1.54) is 0 Å². The number of rotatable bonds is 4. The van der Waals surface area contributed by atoms with Crippen LogP contribution in [0.5, 0.6) is 0 Å². The fourth-order valence-corrected chi connectivity index (χ4v) is 3.91. The Morgan fingerprint density at radius 1 is 1.41 bits per heavy atom. The number of hydrogen-bond acceptors (Lipinski definition) is 3. The Bertz CT molecular complexity index is 644. The summed E-state index contributed by atoms with van der Waals surface area (Å²) in [5, 5.41) is 12.9. The molecule has 0 radical (unpaired) electrons. The molecule has 1 amide bonds. The Morgan fingerprint density at radius 3 is 3.00 bits per heavy atom. The van der Waals surface area contributed by atoms with Crippen LogP contribution in [-0.4, -0.2) is 28.5 Å². The van der Waals surface area contributed by atoms with Gasteiger partial charge in [-0.3, -0.25) is 4.79 Å². The predicted octanol–water partition coefficient (Wildman–Crippen LogP) is 4.13. The van der Waals surface area contributed by atoms with Gasteiger partial charge in [0.15, 0.2) is 0 Å². The highest BCUT2D eigenvalue weighted by Crippen LogP contribution is 2.30. The Morgan fingerprint density at radius 2 is 2.27 bits per heavy atom. The molecule has 0 saturated carbocycles. The lowest BCUT2D eigenvalue weighted by Crippen LogP contribution is -2.36. The largest absolute Gasteiger partial charge is 0.387 e. The summed E-state index contributed by atoms with van der Waals surface area (Å²) in [4.78, 5) is 15.5. The monoisotopic (exact) mass is 335 g/mol. The first kappa shape index (κ1) is 15.5. The number of aliphatic hydroxyl groups is 1. The van der Waals surface area contributed by atoms with Gasteiger partial charge < -0.3 is 10.0 Å². The molecule has 1 fully saturated rings. The van der Waals surface area contributed by atoms with Gasteiger partial charge in [0.1, 0.15) is 0 Å². The van der Waals surface area contributed by atoms with Crippen LogP contribution in [0, 0.1) is 0 Å². The van der Waals surface area contributed by atoms with Crippen molar-refractivity contribution in [3.8, 4) is 0 Å². The van der Waals surface area contributed by atoms with Crippen LogP contribution in [0.1, 0.15) is 40.6 Å². The van der Waals surface area contributed by atoms with Crippen LogP contribution in [0.4, 0.5) is 0 Å². The molecule has 0 spiro atoms. The van der Waals surface area contributed by atoms with Crippen molar-refractivity contribution in [1.29, 1.82) is 0 Å². The quantitative estimate of drug-likeness (QED) is 0.912. The van der Waals surface area contributed by atoms with Crippen molar-refractivity contribution in [2.75, 3.05) is 6.54 Å². The van der Waals surface area contributed by atoms with E-state index in [1.54, 1.807) is 35.6 Å². The summed E-state index contributed by atoms with van der Waals surface area (Å²) in [6.45, 7) is 0.743. The summed E-state index contributed by atoms with van der Waals surface area (Å²) < 4.78 is 0. The van der Waals surface area contributed by atoms with Crippen LogP contribution in [-0.2, 0) is 0 Å². The van der Waals surface area contributed by atoms with E-state index in [0.29, 0.717) is 17.0 Å². The predicted molar refractivity (Wildman–Crippen MR) is 89.4 cm³/mol. The van der Waals surface area contributed by atoms with Crippen LogP contribution >= 0.6 is 22.9 Å². The smallest absolute Gasteiger partial charge is 0.254 e. The van der Waals surface area contributed by atoms with Crippen molar-refractivity contribution in [3.05, 3.63) is 57.2 Å². The topological polar surface area (TPSA) is 40.5 Å². The second-order valence-electron chi connectivity index (χ2n) is 5.57. The molecule has 2 heterocycles. The zero-order valence-corrected chi connectivity index (χ0v) is 13.7. The molecule has 22 heavy (non-hydrogen) atoms. The van der Waals surface area contributed by atoms with E-state index in [4.69, 9.17) is 11.6 Å². The van der Waals surface area contributed by atoms with Crippen molar-refractivity contribution in [1.82, 2.24) is 4.90 Å². The summed E-state index contributed by atoms with van der Waals surface area (Å²) in [5.41, 5.74) is 0.616. The average molecular weight is 336 g/mol. The molecule has 1 saturated heterocycles. The lowest BCUT2D eigenvalue weighted by molar-refractivity contribution is 0.0670. The van der Waals surface area contributed by atoms with Crippen molar-refractivity contribution < 1.29 is 9.90 Å². The fraction of sp³-hybridized carbons (Fsp3) is 0.353. The third-order valence-corrected chi connectivity index (χ3v) is 5.29. The van der Waals surface area contributed by atoms with Crippen LogP contribution in [0.2, 0.25) is 5.02 Å². The summed E-state index contributed by atoms with van der Waals surface area (Å²) in [5.74, 6) is 0.00313. The average Bonchev–Trinajstić information content (AvgIpc) is 3.18. The molecular formula is C17H18ClNO2S. The number of hydrogen-bond donors (Lipinski definition) is 1. The number of carbonyl (C=O) groups excluding carboxylic acids is 1. The van der Waals surface area contributed by atoms with Crippen LogP contribution in [0.3, 0.4) is 0 Å². The zero-order valence-electron chi connectivity index (χ0n) is 12.1. The van der Waals surface area contributed by atoms with Crippen LogP contribution in [0.25, 0.3) is 0 Å². The second kappa shape index (κ2) is 6.82. The Labute approximate surface area is 139 Å². The van der Waals surface area contributed by atoms with Crippen molar-refractivity contribution in [2.24, 2.45) is 0 Å². The first-order valence-corrected chi connectivity index (χ1v) is 8.69. The molecule has 5 heteroatoms. The molecule has 2 aromatic rings. The van der Waals surface area contributed by atoms with Gasteiger partial charge in [-0.2, -0.15) is 0 Å². The van der Waals surface area contributed by atoms with Gasteiger partial charge in [0.25, 0.3) is 5.91 Å². The van der Waals surface area contributed by atoms with Crippen molar-refractivity contribution >= 4 is 28.8 Å². The standard InChI is InChI=1S/C17H18ClNO2S/c18-13-5-1-4-12(10-13)17(21)19-8-2-6-14(19)11-15(20)16-7-3-9-22-16/h1,3-5,7,9-10,14-15,20H,2,6,8,11H2/t14-,15-/m0/s1. The van der Waals surface area contributed by atoms with Gasteiger partial charge in [-0.25, -0.2) is 0 Å². The number of halogens is 1. The lowest BCUT2D eigenvalue weighted by atomic mass is 10.0. The SMILES string of the molecule is O=C(c1cccc(Cl)c1)N1CCC[C@H]1C[C@H](O)c1cccs1. The molecule has 116 valence electrons. The molecule has 2 atom stereocenters. The van der Waals surface area contributed by atoms with Gasteiger partial charge >= 0.3 is 0 Å². The van der Waals surface area contributed by atoms with E-state index in [9.17, 15) is 9.90 Å². The Balaban J connectivity index is 1.71. The zero-order chi connectivity index (χ0) is 15.5. The van der Waals surface area contributed by atoms with E-state index in [-0.39, 0.29) is 11.9 Å². The van der Waals surface area contributed by atoms with E-state index < -0.39 is 6.10 Å². The van der Waals surface area contributed by atoms with Gasteiger partial charge in [-0.1, -0.05) is 23.7 Å². The Hall–Kier alpha value is -1.36. The highest BCUT2D eigenvalue weighted by Gasteiger charge is 2.31. The van der Waals surface area contributed by atoms with Crippen LogP contribution < -0.4 is 0 Å².